The van der Waals surface area contributed by atoms with Gasteiger partial charge in [-0.25, -0.2) is 4.52 Å². The second kappa shape index (κ2) is 8.48. The van der Waals surface area contributed by atoms with Gasteiger partial charge in [0.1, 0.15) is 11.8 Å². The monoisotopic (exact) mass is 382 g/mol. The van der Waals surface area contributed by atoms with Gasteiger partial charge in [0, 0.05) is 19.6 Å². The minimum absolute atomic E-state index is 0.173. The van der Waals surface area contributed by atoms with Crippen LogP contribution in [0.15, 0.2) is 24.4 Å². The van der Waals surface area contributed by atoms with Crippen LogP contribution in [0.5, 0.6) is 0 Å². The number of aromatic nitrogens is 2. The van der Waals surface area contributed by atoms with E-state index in [1.54, 1.807) is 10.7 Å². The van der Waals surface area contributed by atoms with Gasteiger partial charge in [0.2, 0.25) is 0 Å². The molecule has 2 aliphatic heterocycles. The number of nitrogens with zero attached hydrogens (tertiary/aromatic N) is 5. The Kier molecular flexibility index (Phi) is 5.81. The molecule has 0 unspecified atom stereocenters. The molecule has 2 fully saturated rings. The first kappa shape index (κ1) is 19.2. The second-order valence-electron chi connectivity index (χ2n) is 8.14. The van der Waals surface area contributed by atoms with Crippen LogP contribution in [0.2, 0.25) is 0 Å². The Morgan fingerprint density at radius 3 is 2.82 bits per heavy atom. The molecule has 0 radical (unpaired) electrons. The molecule has 7 heteroatoms. The number of rotatable bonds is 5. The number of hydrogen-bond acceptors (Lipinski definition) is 6. The van der Waals surface area contributed by atoms with Crippen LogP contribution in [0.25, 0.3) is 5.52 Å². The molecule has 28 heavy (non-hydrogen) atoms. The van der Waals surface area contributed by atoms with Gasteiger partial charge >= 0.3 is 0 Å². The normalized spacial score (nSPS) is 24.5. The smallest absolute Gasteiger partial charge is 0.142 e. The standard InChI is InChI=1S/C21H30N6O/c1-16-13-26(20-3-2-18(12-23)27-21(20)5-9-24-27)15-19(28-16)14-25-10-6-17(4-8-22)7-11-25/h2-3,5,9,16-17,19H,4,6-8,10-11,13-15,22H2,1H3/t16-,19+/m1/s1. The Morgan fingerprint density at radius 2 is 2.07 bits per heavy atom. The highest BCUT2D eigenvalue weighted by Gasteiger charge is 2.29. The fourth-order valence-electron chi connectivity index (χ4n) is 4.68. The summed E-state index contributed by atoms with van der Waals surface area (Å²) in [6.45, 7) is 7.91. The van der Waals surface area contributed by atoms with Crippen molar-refractivity contribution in [2.24, 2.45) is 11.7 Å². The number of morpholine rings is 1. The van der Waals surface area contributed by atoms with Gasteiger partial charge in [-0.3, -0.25) is 0 Å². The molecule has 0 spiro atoms. The molecule has 0 bridgehead atoms. The van der Waals surface area contributed by atoms with Crippen molar-refractivity contribution in [3.63, 3.8) is 0 Å². The molecule has 0 aromatic carbocycles. The van der Waals surface area contributed by atoms with Crippen molar-refractivity contribution < 1.29 is 4.74 Å². The summed E-state index contributed by atoms with van der Waals surface area (Å²) >= 11 is 0. The van der Waals surface area contributed by atoms with Gasteiger partial charge in [0.15, 0.2) is 0 Å². The summed E-state index contributed by atoms with van der Waals surface area (Å²) in [7, 11) is 0. The summed E-state index contributed by atoms with van der Waals surface area (Å²) < 4.78 is 8.00. The van der Waals surface area contributed by atoms with E-state index in [1.165, 1.54) is 12.8 Å². The van der Waals surface area contributed by atoms with Gasteiger partial charge in [-0.15, -0.1) is 0 Å². The van der Waals surface area contributed by atoms with E-state index in [1.807, 2.05) is 18.2 Å². The highest BCUT2D eigenvalue weighted by molar-refractivity contribution is 5.74. The van der Waals surface area contributed by atoms with E-state index >= 15 is 0 Å². The van der Waals surface area contributed by atoms with Gasteiger partial charge in [-0.05, 0) is 69.9 Å². The predicted octanol–water partition coefficient (Wildman–Crippen LogP) is 1.86. The first-order valence-electron chi connectivity index (χ1n) is 10.4. The van der Waals surface area contributed by atoms with E-state index in [0.717, 1.165) is 62.8 Å². The van der Waals surface area contributed by atoms with Crippen LogP contribution in [0, 0.1) is 17.2 Å². The molecule has 2 atom stereocenters. The number of piperidine rings is 1. The lowest BCUT2D eigenvalue weighted by Gasteiger charge is -2.41. The average molecular weight is 383 g/mol. The summed E-state index contributed by atoms with van der Waals surface area (Å²) in [4.78, 5) is 4.93. The molecule has 2 aliphatic rings. The molecule has 2 saturated heterocycles. The van der Waals surface area contributed by atoms with Crippen LogP contribution in [-0.4, -0.2) is 66.0 Å². The van der Waals surface area contributed by atoms with Gasteiger partial charge in [0.05, 0.1) is 29.6 Å². The van der Waals surface area contributed by atoms with Crippen LogP contribution in [0.3, 0.4) is 0 Å². The molecule has 0 saturated carbocycles. The number of ether oxygens (including phenoxy) is 1. The lowest BCUT2D eigenvalue weighted by atomic mass is 9.93. The van der Waals surface area contributed by atoms with Gasteiger partial charge < -0.3 is 20.3 Å². The van der Waals surface area contributed by atoms with Crippen molar-refractivity contribution >= 4 is 11.2 Å². The Balaban J connectivity index is 1.45. The van der Waals surface area contributed by atoms with Crippen molar-refractivity contribution in [1.29, 1.82) is 5.26 Å². The Labute approximate surface area is 166 Å². The first-order valence-corrected chi connectivity index (χ1v) is 10.4. The van der Waals surface area contributed by atoms with Gasteiger partial charge in [-0.2, -0.15) is 10.4 Å². The van der Waals surface area contributed by atoms with E-state index in [0.29, 0.717) is 5.69 Å². The first-order chi connectivity index (χ1) is 13.7. The fraction of sp³-hybridized carbons (Fsp3) is 0.619. The summed E-state index contributed by atoms with van der Waals surface area (Å²) in [6.07, 6.45) is 5.76. The lowest BCUT2D eigenvalue weighted by molar-refractivity contribution is -0.0361. The van der Waals surface area contributed by atoms with Gasteiger partial charge in [-0.1, -0.05) is 0 Å². The summed E-state index contributed by atoms with van der Waals surface area (Å²) in [5.74, 6) is 0.790. The molecule has 2 aromatic heterocycles. The number of nitrogens with two attached hydrogens (primary N) is 1. The molecule has 4 heterocycles. The zero-order valence-corrected chi connectivity index (χ0v) is 16.6. The maximum atomic E-state index is 9.32. The van der Waals surface area contributed by atoms with Crippen LogP contribution < -0.4 is 10.6 Å². The molecule has 150 valence electrons. The minimum Gasteiger partial charge on any atom is -0.370 e. The Hall–Kier alpha value is -2.14. The largest absolute Gasteiger partial charge is 0.370 e. The third kappa shape index (κ3) is 4.00. The molecule has 0 aliphatic carbocycles. The van der Waals surface area contributed by atoms with Crippen molar-refractivity contribution in [3.8, 4) is 6.07 Å². The van der Waals surface area contributed by atoms with E-state index in [4.69, 9.17) is 10.5 Å². The summed E-state index contributed by atoms with van der Waals surface area (Å²) in [6, 6.07) is 8.09. The van der Waals surface area contributed by atoms with Crippen LogP contribution >= 0.6 is 0 Å². The van der Waals surface area contributed by atoms with Crippen LogP contribution in [0.1, 0.15) is 31.9 Å². The van der Waals surface area contributed by atoms with Crippen molar-refractivity contribution in [2.45, 2.75) is 38.4 Å². The average Bonchev–Trinajstić information content (AvgIpc) is 3.18. The maximum Gasteiger partial charge on any atom is 0.142 e. The second-order valence-corrected chi connectivity index (χ2v) is 8.14. The number of pyridine rings is 1. The van der Waals surface area contributed by atoms with E-state index in [2.05, 4.69) is 27.9 Å². The lowest BCUT2D eigenvalue weighted by Crippen LogP contribution is -2.52. The SMILES string of the molecule is C[C@@H]1CN(c2ccc(C#N)n3nccc23)C[C@H](CN2CCC(CCN)CC2)O1. The fourth-order valence-corrected chi connectivity index (χ4v) is 4.68. The summed E-state index contributed by atoms with van der Waals surface area (Å²) in [5.41, 5.74) is 8.38. The highest BCUT2D eigenvalue weighted by Crippen LogP contribution is 2.27. The highest BCUT2D eigenvalue weighted by atomic mass is 16.5. The topological polar surface area (TPSA) is 82.8 Å². The van der Waals surface area contributed by atoms with E-state index in [-0.39, 0.29) is 12.2 Å². The van der Waals surface area contributed by atoms with Crippen LogP contribution in [0.4, 0.5) is 5.69 Å². The predicted molar refractivity (Wildman–Crippen MR) is 109 cm³/mol. The molecule has 7 nitrogen and oxygen atoms in total. The zero-order valence-electron chi connectivity index (χ0n) is 16.6. The molecular weight excluding hydrogens is 352 g/mol. The van der Waals surface area contributed by atoms with Crippen molar-refractivity contribution in [3.05, 3.63) is 30.1 Å². The number of fused-ring (bicyclic) bond motifs is 1. The maximum absolute atomic E-state index is 9.32. The third-order valence-corrected chi connectivity index (χ3v) is 6.06. The van der Waals surface area contributed by atoms with E-state index in [9.17, 15) is 5.26 Å². The number of hydrogen-bond donors (Lipinski definition) is 1. The quantitative estimate of drug-likeness (QED) is 0.850. The Bertz CT molecular complexity index is 835. The Morgan fingerprint density at radius 1 is 1.25 bits per heavy atom. The third-order valence-electron chi connectivity index (χ3n) is 6.06. The van der Waals surface area contributed by atoms with Crippen molar-refractivity contribution in [2.75, 3.05) is 44.2 Å². The number of nitriles is 1. The molecule has 2 N–H and O–H groups in total. The van der Waals surface area contributed by atoms with Gasteiger partial charge in [0.25, 0.3) is 0 Å². The molecular formula is C21H30N6O. The van der Waals surface area contributed by atoms with Crippen molar-refractivity contribution in [1.82, 2.24) is 14.5 Å². The number of anilines is 1. The van der Waals surface area contributed by atoms with E-state index < -0.39 is 0 Å². The zero-order chi connectivity index (χ0) is 19.5. The number of likely N-dealkylation sites (tertiary alicyclic amines) is 1. The van der Waals surface area contributed by atoms with Crippen LogP contribution in [-0.2, 0) is 4.74 Å². The molecule has 0 amide bonds. The summed E-state index contributed by atoms with van der Waals surface area (Å²) in [5, 5.41) is 13.6. The molecule has 2 aromatic rings. The minimum atomic E-state index is 0.173. The molecule has 4 rings (SSSR count).